The zero-order chi connectivity index (χ0) is 7.94. The van der Waals surface area contributed by atoms with Gasteiger partial charge in [-0.05, 0) is 20.8 Å². The second kappa shape index (κ2) is 1.81. The maximum atomic E-state index is 11.2. The predicted molar refractivity (Wildman–Crippen MR) is 40.0 cm³/mol. The lowest BCUT2D eigenvalue weighted by Gasteiger charge is -2.13. The molecule has 0 N–H and O–H groups in total. The maximum Gasteiger partial charge on any atom is 0.255 e. The lowest BCUT2D eigenvalue weighted by molar-refractivity contribution is -0.129. The van der Waals surface area contributed by atoms with Crippen molar-refractivity contribution in [1.29, 1.82) is 0 Å². The number of amidine groups is 1. The molecule has 0 fully saturated rings. The van der Waals surface area contributed by atoms with Crippen molar-refractivity contribution in [1.82, 2.24) is 4.90 Å². The Bertz CT molecular complexity index is 206. The fourth-order valence-corrected chi connectivity index (χ4v) is 1.08. The number of aliphatic imine (C=N–C) groups is 1. The first kappa shape index (κ1) is 7.25. The molecule has 1 aliphatic rings. The molecule has 0 aromatic carbocycles. The summed E-state index contributed by atoms with van der Waals surface area (Å²) >= 11 is 0. The minimum Gasteiger partial charge on any atom is -0.302 e. The normalized spacial score (nSPS) is 23.4. The summed E-state index contributed by atoms with van der Waals surface area (Å²) in [5.74, 6) is 0.875. The van der Waals surface area contributed by atoms with Crippen molar-refractivity contribution in [3.8, 4) is 0 Å². The minimum absolute atomic E-state index is 0.0741. The zero-order valence-electron chi connectivity index (χ0n) is 6.80. The first-order valence-electron chi connectivity index (χ1n) is 3.30. The number of amides is 1. The third-order valence-electron chi connectivity index (χ3n) is 1.75. The van der Waals surface area contributed by atoms with Crippen molar-refractivity contribution < 1.29 is 4.79 Å². The van der Waals surface area contributed by atoms with Gasteiger partial charge in [0.2, 0.25) is 0 Å². The van der Waals surface area contributed by atoms with E-state index in [1.807, 2.05) is 20.8 Å². The van der Waals surface area contributed by atoms with Gasteiger partial charge >= 0.3 is 0 Å². The number of hydrogen-bond acceptors (Lipinski definition) is 2. The molecule has 0 aromatic heterocycles. The highest BCUT2D eigenvalue weighted by molar-refractivity contribution is 6.06. The van der Waals surface area contributed by atoms with Gasteiger partial charge in [-0.3, -0.25) is 9.79 Å². The Labute approximate surface area is 60.7 Å². The fourth-order valence-electron chi connectivity index (χ4n) is 1.08. The van der Waals surface area contributed by atoms with E-state index in [0.29, 0.717) is 0 Å². The molecule has 1 amide bonds. The van der Waals surface area contributed by atoms with Crippen LogP contribution in [0, 0.1) is 0 Å². The van der Waals surface area contributed by atoms with Crippen LogP contribution in [0.15, 0.2) is 4.99 Å². The van der Waals surface area contributed by atoms with E-state index in [1.165, 1.54) is 0 Å². The molecule has 0 unspecified atom stereocenters. The van der Waals surface area contributed by atoms with Gasteiger partial charge in [0.15, 0.2) is 0 Å². The summed E-state index contributed by atoms with van der Waals surface area (Å²) in [6, 6.07) is 0. The van der Waals surface area contributed by atoms with Gasteiger partial charge in [0, 0.05) is 7.05 Å². The van der Waals surface area contributed by atoms with Crippen LogP contribution in [0.25, 0.3) is 0 Å². The molecule has 0 spiro atoms. The van der Waals surface area contributed by atoms with Gasteiger partial charge in [0.25, 0.3) is 5.91 Å². The van der Waals surface area contributed by atoms with Crippen LogP contribution in [0.1, 0.15) is 20.8 Å². The summed E-state index contributed by atoms with van der Waals surface area (Å²) in [6.07, 6.45) is 0. The molecule has 0 atom stereocenters. The molecule has 1 rings (SSSR count). The fraction of sp³-hybridized carbons (Fsp3) is 0.714. The highest BCUT2D eigenvalue weighted by Gasteiger charge is 2.36. The third kappa shape index (κ3) is 0.818. The topological polar surface area (TPSA) is 32.7 Å². The number of nitrogens with zero attached hydrogens (tertiary/aromatic N) is 2. The average molecular weight is 140 g/mol. The van der Waals surface area contributed by atoms with Crippen LogP contribution in [0.4, 0.5) is 0 Å². The van der Waals surface area contributed by atoms with E-state index >= 15 is 0 Å². The molecular weight excluding hydrogens is 128 g/mol. The summed E-state index contributed by atoms with van der Waals surface area (Å²) in [6.45, 7) is 5.48. The number of hydrogen-bond donors (Lipinski definition) is 0. The highest BCUT2D eigenvalue weighted by Crippen LogP contribution is 2.19. The molecule has 3 heteroatoms. The van der Waals surface area contributed by atoms with Crippen LogP contribution in [-0.2, 0) is 4.79 Å². The van der Waals surface area contributed by atoms with E-state index in [9.17, 15) is 4.79 Å². The van der Waals surface area contributed by atoms with Crippen LogP contribution >= 0.6 is 0 Å². The van der Waals surface area contributed by atoms with Crippen molar-refractivity contribution >= 4 is 11.7 Å². The van der Waals surface area contributed by atoms with Gasteiger partial charge in [-0.15, -0.1) is 0 Å². The Morgan fingerprint density at radius 1 is 1.50 bits per heavy atom. The quantitative estimate of drug-likeness (QED) is 0.486. The smallest absolute Gasteiger partial charge is 0.255 e. The lowest BCUT2D eigenvalue weighted by Crippen LogP contribution is -2.35. The van der Waals surface area contributed by atoms with Crippen molar-refractivity contribution in [3.05, 3.63) is 0 Å². The second-order valence-electron chi connectivity index (χ2n) is 3.08. The monoisotopic (exact) mass is 140 g/mol. The molecule has 0 saturated heterocycles. The Morgan fingerprint density at radius 2 is 2.00 bits per heavy atom. The predicted octanol–water partition coefficient (Wildman–Crippen LogP) is 0.655. The van der Waals surface area contributed by atoms with E-state index in [0.717, 1.165) is 5.84 Å². The maximum absolute atomic E-state index is 11.2. The molecule has 1 aliphatic heterocycles. The first-order chi connectivity index (χ1) is 4.45. The zero-order valence-corrected chi connectivity index (χ0v) is 6.80. The van der Waals surface area contributed by atoms with Crippen LogP contribution in [0.3, 0.4) is 0 Å². The van der Waals surface area contributed by atoms with E-state index in [-0.39, 0.29) is 5.91 Å². The molecule has 1 heterocycles. The Hall–Kier alpha value is -0.860. The van der Waals surface area contributed by atoms with E-state index in [1.54, 1.807) is 11.9 Å². The molecule has 56 valence electrons. The van der Waals surface area contributed by atoms with Crippen LogP contribution in [-0.4, -0.2) is 29.2 Å². The number of carbonyl (C=O) groups excluding carboxylic acids is 1. The van der Waals surface area contributed by atoms with Gasteiger partial charge in [-0.1, -0.05) is 0 Å². The average Bonchev–Trinajstić information content (AvgIpc) is 1.95. The summed E-state index contributed by atoms with van der Waals surface area (Å²) in [7, 11) is 1.75. The number of rotatable bonds is 0. The standard InChI is InChI=1S/C7H12N2O/c1-5-8-7(2,3)6(10)9(5)4/h1-4H3. The van der Waals surface area contributed by atoms with Crippen LogP contribution < -0.4 is 0 Å². The van der Waals surface area contributed by atoms with Crippen molar-refractivity contribution in [2.45, 2.75) is 26.3 Å². The van der Waals surface area contributed by atoms with Crippen LogP contribution in [0.2, 0.25) is 0 Å². The highest BCUT2D eigenvalue weighted by atomic mass is 16.2. The molecule has 0 radical (unpaired) electrons. The number of likely N-dealkylation sites (N-methyl/N-ethyl adjacent to an activating group) is 1. The van der Waals surface area contributed by atoms with E-state index in [2.05, 4.69) is 4.99 Å². The van der Waals surface area contributed by atoms with Gasteiger partial charge in [-0.2, -0.15) is 0 Å². The molecule has 0 aliphatic carbocycles. The van der Waals surface area contributed by atoms with Crippen LogP contribution in [0.5, 0.6) is 0 Å². The molecule has 3 nitrogen and oxygen atoms in total. The molecule has 0 aromatic rings. The summed E-state index contributed by atoms with van der Waals surface area (Å²) in [5, 5.41) is 0. The Kier molecular flexibility index (Phi) is 1.31. The van der Waals surface area contributed by atoms with Crippen molar-refractivity contribution in [2.75, 3.05) is 7.05 Å². The number of carbonyl (C=O) groups is 1. The van der Waals surface area contributed by atoms with E-state index in [4.69, 9.17) is 0 Å². The summed E-state index contributed by atoms with van der Waals surface area (Å²) in [5.41, 5.74) is -0.529. The second-order valence-corrected chi connectivity index (χ2v) is 3.08. The Balaban J connectivity index is 2.98. The molecule has 0 bridgehead atoms. The molecular formula is C7H12N2O. The minimum atomic E-state index is -0.529. The summed E-state index contributed by atoms with van der Waals surface area (Å²) in [4.78, 5) is 17.0. The lowest BCUT2D eigenvalue weighted by atomic mass is 10.1. The SMILES string of the molecule is CC1=NC(C)(C)C(=O)N1C. The van der Waals surface area contributed by atoms with Crippen molar-refractivity contribution in [3.63, 3.8) is 0 Å². The first-order valence-corrected chi connectivity index (χ1v) is 3.30. The van der Waals surface area contributed by atoms with Gasteiger partial charge in [0.1, 0.15) is 11.4 Å². The van der Waals surface area contributed by atoms with Gasteiger partial charge in [-0.25, -0.2) is 0 Å². The van der Waals surface area contributed by atoms with E-state index < -0.39 is 5.54 Å². The molecule has 0 saturated carbocycles. The largest absolute Gasteiger partial charge is 0.302 e. The van der Waals surface area contributed by atoms with Gasteiger partial charge < -0.3 is 4.90 Å². The van der Waals surface area contributed by atoms with Gasteiger partial charge in [0.05, 0.1) is 0 Å². The molecule has 10 heavy (non-hydrogen) atoms. The summed E-state index contributed by atoms with van der Waals surface area (Å²) < 4.78 is 0. The van der Waals surface area contributed by atoms with Crippen molar-refractivity contribution in [2.24, 2.45) is 4.99 Å². The third-order valence-corrected chi connectivity index (χ3v) is 1.75. The Morgan fingerprint density at radius 3 is 2.10 bits per heavy atom.